The molecule has 4 aliphatic rings. The van der Waals surface area contributed by atoms with Crippen molar-refractivity contribution in [2.75, 3.05) is 26.7 Å². The number of carbonyl (C=O) groups excluding carboxylic acids is 2. The molecule has 3 atom stereocenters. The zero-order valence-corrected chi connectivity index (χ0v) is 26.6. The number of pyridine rings is 1. The summed E-state index contributed by atoms with van der Waals surface area (Å²) in [5.41, 5.74) is 11.4. The number of rotatable bonds is 8. The third kappa shape index (κ3) is 4.72. The highest BCUT2D eigenvalue weighted by molar-refractivity contribution is 6.00. The van der Waals surface area contributed by atoms with Crippen molar-refractivity contribution in [1.82, 2.24) is 28.9 Å². The molecule has 4 fully saturated rings. The van der Waals surface area contributed by atoms with Crippen molar-refractivity contribution in [2.24, 2.45) is 23.5 Å². The number of para-hydroxylation sites is 1. The second kappa shape index (κ2) is 10.9. The molecular formula is C37H39N7O3. The Morgan fingerprint density at radius 2 is 1.70 bits per heavy atom. The number of hydrogen-bond acceptors (Lipinski definition) is 6. The Morgan fingerprint density at radius 1 is 0.894 bits per heavy atom. The molecule has 0 radical (unpaired) electrons. The summed E-state index contributed by atoms with van der Waals surface area (Å²) in [4.78, 5) is 40.4. The molecule has 5 aromatic rings. The lowest BCUT2D eigenvalue weighted by Crippen LogP contribution is -2.51. The summed E-state index contributed by atoms with van der Waals surface area (Å²) in [5.74, 6) is 2.71. The minimum absolute atomic E-state index is 0.00512. The van der Waals surface area contributed by atoms with Crippen molar-refractivity contribution in [1.29, 1.82) is 0 Å². The van der Waals surface area contributed by atoms with Crippen molar-refractivity contribution in [2.45, 2.75) is 50.9 Å². The van der Waals surface area contributed by atoms with E-state index in [0.29, 0.717) is 55.0 Å². The summed E-state index contributed by atoms with van der Waals surface area (Å²) >= 11 is 0. The zero-order chi connectivity index (χ0) is 31.8. The van der Waals surface area contributed by atoms with Gasteiger partial charge in [0.05, 0.1) is 18.3 Å². The molecule has 3 aromatic heterocycles. The first-order valence-electron chi connectivity index (χ1n) is 16.9. The first-order valence-corrected chi connectivity index (χ1v) is 16.9. The number of nitrogens with zero attached hydrogens (tertiary/aromatic N) is 6. The number of piperidine rings is 1. The minimum atomic E-state index is -0.0433. The molecule has 10 nitrogen and oxygen atoms in total. The van der Waals surface area contributed by atoms with Crippen LogP contribution in [0.5, 0.6) is 5.75 Å². The number of amides is 2. The Morgan fingerprint density at radius 3 is 2.43 bits per heavy atom. The number of ether oxygens (including phenoxy) is 1. The third-order valence-electron chi connectivity index (χ3n) is 10.9. The first kappa shape index (κ1) is 28.5. The molecule has 2 aromatic carbocycles. The molecule has 2 aliphatic heterocycles. The van der Waals surface area contributed by atoms with Gasteiger partial charge < -0.3 is 29.4 Å². The summed E-state index contributed by atoms with van der Waals surface area (Å²) < 4.78 is 10.7. The van der Waals surface area contributed by atoms with E-state index >= 15 is 0 Å². The number of likely N-dealkylation sites (tertiary alicyclic amines) is 2. The van der Waals surface area contributed by atoms with Crippen LogP contribution in [0.2, 0.25) is 0 Å². The summed E-state index contributed by atoms with van der Waals surface area (Å²) in [7, 11) is 1.66. The minimum Gasteiger partial charge on any atom is -0.494 e. The van der Waals surface area contributed by atoms with E-state index in [1.807, 2.05) is 34.1 Å². The van der Waals surface area contributed by atoms with Gasteiger partial charge >= 0.3 is 0 Å². The van der Waals surface area contributed by atoms with Gasteiger partial charge in [-0.3, -0.25) is 14.6 Å². The summed E-state index contributed by atoms with van der Waals surface area (Å²) in [6, 6.07) is 20.1. The van der Waals surface area contributed by atoms with E-state index in [-0.39, 0.29) is 29.8 Å². The van der Waals surface area contributed by atoms with Crippen molar-refractivity contribution in [3.8, 4) is 17.3 Å². The number of methoxy groups -OCH3 is 1. The molecule has 2 saturated carbocycles. The predicted molar refractivity (Wildman–Crippen MR) is 179 cm³/mol. The second-order valence-electron chi connectivity index (χ2n) is 14.0. The maximum Gasteiger partial charge on any atom is 0.272 e. The summed E-state index contributed by atoms with van der Waals surface area (Å²) in [6.45, 7) is 3.59. The van der Waals surface area contributed by atoms with Crippen molar-refractivity contribution >= 4 is 33.8 Å². The van der Waals surface area contributed by atoms with E-state index in [4.69, 9.17) is 15.5 Å². The van der Waals surface area contributed by atoms with Crippen LogP contribution in [-0.2, 0) is 13.1 Å². The molecule has 2 amide bonds. The van der Waals surface area contributed by atoms with Gasteiger partial charge in [0.2, 0.25) is 0 Å². The number of carbonyl (C=O) groups is 2. The van der Waals surface area contributed by atoms with Crippen LogP contribution in [0.25, 0.3) is 33.5 Å². The summed E-state index contributed by atoms with van der Waals surface area (Å²) in [5, 5.41) is 1.18. The van der Waals surface area contributed by atoms with Gasteiger partial charge in [0.15, 0.2) is 5.82 Å². The van der Waals surface area contributed by atoms with Gasteiger partial charge in [-0.25, -0.2) is 4.98 Å². The number of aromatic nitrogens is 4. The number of fused-ring (bicyclic) bond motifs is 4. The molecule has 0 spiro atoms. The second-order valence-corrected chi connectivity index (χ2v) is 14.0. The van der Waals surface area contributed by atoms with E-state index in [9.17, 15) is 9.59 Å². The van der Waals surface area contributed by atoms with E-state index in [0.717, 1.165) is 41.9 Å². The molecule has 9 rings (SSSR count). The highest BCUT2D eigenvalue weighted by atomic mass is 16.5. The molecule has 2 saturated heterocycles. The molecule has 10 heteroatoms. The van der Waals surface area contributed by atoms with Crippen LogP contribution in [0.3, 0.4) is 0 Å². The Bertz CT molecular complexity index is 2020. The van der Waals surface area contributed by atoms with Crippen LogP contribution in [0.1, 0.15) is 46.5 Å². The Labute approximate surface area is 273 Å². The van der Waals surface area contributed by atoms with E-state index in [2.05, 4.69) is 44.5 Å². The smallest absolute Gasteiger partial charge is 0.272 e. The number of hydrogen-bond donors (Lipinski definition) is 1. The lowest BCUT2D eigenvalue weighted by Gasteiger charge is -2.39. The van der Waals surface area contributed by atoms with Gasteiger partial charge in [-0.2, -0.15) is 0 Å². The normalized spacial score (nSPS) is 22.4. The molecule has 2 N–H and O–H groups in total. The molecule has 47 heavy (non-hydrogen) atoms. The number of imidazole rings is 1. The van der Waals surface area contributed by atoms with Crippen molar-refractivity contribution < 1.29 is 14.3 Å². The predicted octanol–water partition coefficient (Wildman–Crippen LogP) is 4.81. The van der Waals surface area contributed by atoms with E-state index in [1.54, 1.807) is 19.4 Å². The Balaban J connectivity index is 1.13. The fraction of sp³-hybridized carbons (Fsp3) is 0.405. The van der Waals surface area contributed by atoms with Gasteiger partial charge in [0.25, 0.3) is 11.8 Å². The molecular weight excluding hydrogens is 590 g/mol. The maximum absolute atomic E-state index is 13.9. The van der Waals surface area contributed by atoms with Crippen molar-refractivity contribution in [3.63, 3.8) is 0 Å². The summed E-state index contributed by atoms with van der Waals surface area (Å²) in [6.07, 6.45) is 6.19. The highest BCUT2D eigenvalue weighted by Gasteiger charge is 2.47. The quantitative estimate of drug-likeness (QED) is 0.264. The van der Waals surface area contributed by atoms with Gasteiger partial charge in [-0.05, 0) is 73.9 Å². The fourth-order valence-corrected chi connectivity index (χ4v) is 8.24. The number of benzene rings is 2. The van der Waals surface area contributed by atoms with Crippen LogP contribution in [0.15, 0.2) is 66.9 Å². The van der Waals surface area contributed by atoms with Gasteiger partial charge in [0.1, 0.15) is 17.0 Å². The molecule has 2 aliphatic carbocycles. The average Bonchev–Trinajstić information content (AvgIpc) is 3.44. The topological polar surface area (TPSA) is 112 Å². The molecule has 5 heterocycles. The Hall–Kier alpha value is -4.70. The largest absolute Gasteiger partial charge is 0.494 e. The van der Waals surface area contributed by atoms with Crippen LogP contribution < -0.4 is 10.5 Å². The maximum atomic E-state index is 13.9. The van der Waals surface area contributed by atoms with Crippen LogP contribution >= 0.6 is 0 Å². The molecule has 0 unspecified atom stereocenters. The first-order chi connectivity index (χ1) is 23.0. The van der Waals surface area contributed by atoms with Crippen LogP contribution in [-0.4, -0.2) is 79.5 Å². The molecule has 240 valence electrons. The zero-order valence-electron chi connectivity index (χ0n) is 26.6. The monoisotopic (exact) mass is 629 g/mol. The standard InChI is InChI=1S/C37H39N7O3/c1-47-32-16-26(36(45)43-21-25-11-12-30(43)33(25)38)14-28-34(32)44(20-23-17-41(18-23)37(46)27-7-4-5-13-39-27)35(40-28)31-15-24-6-2-3-8-29(24)42(31)19-22-9-10-22/h2-8,13-16,22-23,25,30,33H,9-12,17-21,38H2,1H3/t25-,30-,33-/m1/s1. The molecule has 2 bridgehead atoms. The lowest BCUT2D eigenvalue weighted by atomic mass is 9.99. The van der Waals surface area contributed by atoms with E-state index in [1.165, 1.54) is 23.7 Å². The highest BCUT2D eigenvalue weighted by Crippen LogP contribution is 2.41. The lowest BCUT2D eigenvalue weighted by molar-refractivity contribution is 0.0465. The number of nitrogens with two attached hydrogens (primary N) is 1. The van der Waals surface area contributed by atoms with E-state index < -0.39 is 0 Å². The van der Waals surface area contributed by atoms with Gasteiger partial charge in [0, 0.05) is 73.4 Å². The SMILES string of the molecule is COc1cc(C(=O)N2C[C@H]3CC[C@@H]2[C@@H]3N)cc2nc(-c3cc4ccccc4n3CC3CC3)n(CC3CN(C(=O)c4ccccn4)C3)c12. The van der Waals surface area contributed by atoms with Gasteiger partial charge in [-0.15, -0.1) is 0 Å². The third-order valence-corrected chi connectivity index (χ3v) is 10.9. The average molecular weight is 630 g/mol. The van der Waals surface area contributed by atoms with Gasteiger partial charge in [-0.1, -0.05) is 24.3 Å². The van der Waals surface area contributed by atoms with Crippen LogP contribution in [0, 0.1) is 17.8 Å². The fourth-order valence-electron chi connectivity index (χ4n) is 8.24. The Kier molecular flexibility index (Phi) is 6.64. The van der Waals surface area contributed by atoms with Crippen LogP contribution in [0.4, 0.5) is 0 Å². The van der Waals surface area contributed by atoms with Crippen molar-refractivity contribution in [3.05, 3.63) is 78.1 Å².